The molecule has 2 aromatic heterocycles. The van der Waals surface area contributed by atoms with Crippen molar-refractivity contribution in [2.45, 2.75) is 13.1 Å². The maximum absolute atomic E-state index is 5.42. The molecule has 3 aromatic rings. The molecule has 3 heterocycles. The van der Waals surface area contributed by atoms with E-state index in [1.54, 1.807) is 7.11 Å². The molecule has 5 nitrogen and oxygen atoms in total. The smallest absolute Gasteiger partial charge is 0.139 e. The lowest BCUT2D eigenvalue weighted by Crippen LogP contribution is -2.35. The molecule has 0 spiro atoms. The van der Waals surface area contributed by atoms with Crippen LogP contribution in [-0.2, 0) is 22.6 Å². The van der Waals surface area contributed by atoms with E-state index in [0.29, 0.717) is 6.61 Å². The van der Waals surface area contributed by atoms with E-state index in [1.807, 2.05) is 6.20 Å². The number of methoxy groups -OCH3 is 1. The molecule has 26 heavy (non-hydrogen) atoms. The molecule has 0 amide bonds. The molecule has 0 saturated carbocycles. The van der Waals surface area contributed by atoms with Gasteiger partial charge in [0.05, 0.1) is 19.8 Å². The third kappa shape index (κ3) is 3.80. The first kappa shape index (κ1) is 17.2. The largest absolute Gasteiger partial charge is 0.383 e. The van der Waals surface area contributed by atoms with E-state index in [1.165, 1.54) is 11.1 Å². The summed E-state index contributed by atoms with van der Waals surface area (Å²) in [6, 6.07) is 13.2. The Labute approximate surface area is 154 Å². The summed E-state index contributed by atoms with van der Waals surface area (Å²) in [6.07, 6.45) is 4.04. The lowest BCUT2D eigenvalue weighted by Gasteiger charge is -2.26. The van der Waals surface area contributed by atoms with Crippen LogP contribution in [0.25, 0.3) is 22.2 Å². The molecule has 4 rings (SSSR count). The second-order valence-electron chi connectivity index (χ2n) is 6.72. The van der Waals surface area contributed by atoms with Crippen LogP contribution in [-0.4, -0.2) is 54.5 Å². The Morgan fingerprint density at radius 1 is 1.08 bits per heavy atom. The van der Waals surface area contributed by atoms with E-state index in [-0.39, 0.29) is 0 Å². The molecule has 1 aromatic carbocycles. The van der Waals surface area contributed by atoms with Crippen LogP contribution in [0.1, 0.15) is 5.56 Å². The molecule has 0 unspecified atom stereocenters. The number of morpholine rings is 1. The van der Waals surface area contributed by atoms with E-state index >= 15 is 0 Å². The average molecular weight is 351 g/mol. The molecule has 0 bridgehead atoms. The van der Waals surface area contributed by atoms with Crippen molar-refractivity contribution in [3.8, 4) is 11.1 Å². The molecule has 1 saturated heterocycles. The van der Waals surface area contributed by atoms with Crippen molar-refractivity contribution in [1.82, 2.24) is 14.5 Å². The summed E-state index contributed by atoms with van der Waals surface area (Å²) in [6.45, 7) is 6.22. The van der Waals surface area contributed by atoms with Crippen LogP contribution in [0.15, 0.2) is 48.8 Å². The standard InChI is InChI=1S/C21H25N3O2/c1-25-11-10-24-7-6-19-14-20(15-22-21(19)24)18-4-2-17(3-5-18)16-23-8-12-26-13-9-23/h2-7,14-15H,8-13,16H2,1H3. The van der Waals surface area contributed by atoms with Crippen molar-refractivity contribution in [2.24, 2.45) is 0 Å². The zero-order valence-corrected chi connectivity index (χ0v) is 15.2. The van der Waals surface area contributed by atoms with Gasteiger partial charge in [0.25, 0.3) is 0 Å². The first-order chi connectivity index (χ1) is 12.8. The summed E-state index contributed by atoms with van der Waals surface area (Å²) in [5.74, 6) is 0. The molecular weight excluding hydrogens is 326 g/mol. The van der Waals surface area contributed by atoms with Crippen LogP contribution in [0.4, 0.5) is 0 Å². The summed E-state index contributed by atoms with van der Waals surface area (Å²) >= 11 is 0. The average Bonchev–Trinajstić information content (AvgIpc) is 3.10. The fourth-order valence-electron chi connectivity index (χ4n) is 3.43. The normalized spacial score (nSPS) is 15.6. The topological polar surface area (TPSA) is 39.5 Å². The Bertz CT molecular complexity index is 851. The summed E-state index contributed by atoms with van der Waals surface area (Å²) in [4.78, 5) is 7.11. The van der Waals surface area contributed by atoms with Gasteiger partial charge in [-0.05, 0) is 23.3 Å². The van der Waals surface area contributed by atoms with Gasteiger partial charge < -0.3 is 14.0 Å². The second kappa shape index (κ2) is 7.99. The molecule has 5 heteroatoms. The Morgan fingerprint density at radius 3 is 2.65 bits per heavy atom. The molecule has 1 aliphatic rings. The zero-order valence-electron chi connectivity index (χ0n) is 15.2. The number of aromatic nitrogens is 2. The summed E-state index contributed by atoms with van der Waals surface area (Å²) in [7, 11) is 1.72. The van der Waals surface area contributed by atoms with E-state index in [4.69, 9.17) is 9.47 Å². The second-order valence-corrected chi connectivity index (χ2v) is 6.72. The fraction of sp³-hybridized carbons (Fsp3) is 0.381. The fourth-order valence-corrected chi connectivity index (χ4v) is 3.43. The molecule has 0 atom stereocenters. The highest BCUT2D eigenvalue weighted by Crippen LogP contribution is 2.24. The zero-order chi connectivity index (χ0) is 17.8. The molecule has 0 radical (unpaired) electrons. The van der Waals surface area contributed by atoms with Gasteiger partial charge in [0, 0.05) is 56.6 Å². The van der Waals surface area contributed by atoms with Crippen molar-refractivity contribution in [2.75, 3.05) is 40.0 Å². The van der Waals surface area contributed by atoms with Crippen LogP contribution in [0.5, 0.6) is 0 Å². The molecule has 0 N–H and O–H groups in total. The summed E-state index contributed by atoms with van der Waals surface area (Å²) in [5, 5.41) is 1.16. The van der Waals surface area contributed by atoms with Crippen molar-refractivity contribution in [3.05, 3.63) is 54.4 Å². The minimum Gasteiger partial charge on any atom is -0.383 e. The van der Waals surface area contributed by atoms with Gasteiger partial charge in [-0.1, -0.05) is 24.3 Å². The number of pyridine rings is 1. The minimum absolute atomic E-state index is 0.692. The third-order valence-electron chi connectivity index (χ3n) is 4.93. The highest BCUT2D eigenvalue weighted by molar-refractivity contribution is 5.82. The van der Waals surface area contributed by atoms with Gasteiger partial charge in [-0.15, -0.1) is 0 Å². The Kier molecular flexibility index (Phi) is 5.29. The van der Waals surface area contributed by atoms with Gasteiger partial charge in [0.1, 0.15) is 5.65 Å². The highest BCUT2D eigenvalue weighted by Gasteiger charge is 2.11. The van der Waals surface area contributed by atoms with Crippen LogP contribution in [0.3, 0.4) is 0 Å². The number of benzene rings is 1. The maximum Gasteiger partial charge on any atom is 0.139 e. The monoisotopic (exact) mass is 351 g/mol. The van der Waals surface area contributed by atoms with Crippen molar-refractivity contribution in [3.63, 3.8) is 0 Å². The minimum atomic E-state index is 0.692. The predicted octanol–water partition coefficient (Wildman–Crippen LogP) is 3.18. The van der Waals surface area contributed by atoms with Gasteiger partial charge in [-0.25, -0.2) is 4.98 Å². The van der Waals surface area contributed by atoms with E-state index < -0.39 is 0 Å². The number of nitrogens with zero attached hydrogens (tertiary/aromatic N) is 3. The molecule has 1 fully saturated rings. The molecule has 0 aliphatic carbocycles. The third-order valence-corrected chi connectivity index (χ3v) is 4.93. The Hall–Kier alpha value is -2.21. The van der Waals surface area contributed by atoms with Gasteiger partial charge in [-0.3, -0.25) is 4.90 Å². The number of rotatable bonds is 6. The van der Waals surface area contributed by atoms with Crippen molar-refractivity contribution < 1.29 is 9.47 Å². The lowest BCUT2D eigenvalue weighted by atomic mass is 10.0. The molecule has 1 aliphatic heterocycles. The number of fused-ring (bicyclic) bond motifs is 1. The van der Waals surface area contributed by atoms with Crippen LogP contribution < -0.4 is 0 Å². The number of hydrogen-bond donors (Lipinski definition) is 0. The van der Waals surface area contributed by atoms with Gasteiger partial charge in [0.2, 0.25) is 0 Å². The van der Waals surface area contributed by atoms with E-state index in [9.17, 15) is 0 Å². The van der Waals surface area contributed by atoms with Crippen LogP contribution in [0.2, 0.25) is 0 Å². The molecular formula is C21H25N3O2. The molecule has 136 valence electrons. The maximum atomic E-state index is 5.42. The van der Waals surface area contributed by atoms with E-state index in [2.05, 4.69) is 57.0 Å². The SMILES string of the molecule is COCCn1ccc2cc(-c3ccc(CN4CCOCC4)cc3)cnc21. The van der Waals surface area contributed by atoms with Gasteiger partial charge in [0.15, 0.2) is 0 Å². The number of ether oxygens (including phenoxy) is 2. The Morgan fingerprint density at radius 2 is 1.88 bits per heavy atom. The predicted molar refractivity (Wildman–Crippen MR) is 103 cm³/mol. The van der Waals surface area contributed by atoms with Crippen LogP contribution >= 0.6 is 0 Å². The van der Waals surface area contributed by atoms with Crippen molar-refractivity contribution >= 4 is 11.0 Å². The quantitative estimate of drug-likeness (QED) is 0.684. The Balaban J connectivity index is 1.49. The number of hydrogen-bond acceptors (Lipinski definition) is 4. The summed E-state index contributed by atoms with van der Waals surface area (Å²) in [5.41, 5.74) is 4.71. The summed E-state index contributed by atoms with van der Waals surface area (Å²) < 4.78 is 12.7. The van der Waals surface area contributed by atoms with Gasteiger partial charge in [-0.2, -0.15) is 0 Å². The van der Waals surface area contributed by atoms with E-state index in [0.717, 1.165) is 56.0 Å². The van der Waals surface area contributed by atoms with Crippen molar-refractivity contribution in [1.29, 1.82) is 0 Å². The highest BCUT2D eigenvalue weighted by atomic mass is 16.5. The van der Waals surface area contributed by atoms with Gasteiger partial charge >= 0.3 is 0 Å². The lowest BCUT2D eigenvalue weighted by molar-refractivity contribution is 0.0342. The first-order valence-corrected chi connectivity index (χ1v) is 9.17. The first-order valence-electron chi connectivity index (χ1n) is 9.17. The van der Waals surface area contributed by atoms with Crippen LogP contribution in [0, 0.1) is 0 Å².